The van der Waals surface area contributed by atoms with Gasteiger partial charge in [-0.05, 0) is 24.1 Å². The minimum absolute atomic E-state index is 0.0237. The van der Waals surface area contributed by atoms with Crippen molar-refractivity contribution in [3.8, 4) is 0 Å². The molecule has 35 heavy (non-hydrogen) atoms. The number of nitrogens with zero attached hydrogens (tertiary/aromatic N) is 2. The molecule has 2 amide bonds. The molecule has 0 radical (unpaired) electrons. The van der Waals surface area contributed by atoms with Crippen LogP contribution in [0, 0.1) is 0 Å². The van der Waals surface area contributed by atoms with Gasteiger partial charge in [-0.2, -0.15) is 5.10 Å². The van der Waals surface area contributed by atoms with Gasteiger partial charge < -0.3 is 14.6 Å². The maximum absolute atomic E-state index is 12.6. The lowest BCUT2D eigenvalue weighted by atomic mass is 10.0. The molecule has 0 fully saturated rings. The SMILES string of the molecule is CCOC(=O)N[C@H](CC(=O)N/N=C\c1cn(Cc2ccccc2)c2ccccc12)c1ccccc1. The second-order valence-electron chi connectivity index (χ2n) is 8.04. The Morgan fingerprint density at radius 2 is 1.66 bits per heavy atom. The fourth-order valence-electron chi connectivity index (χ4n) is 3.95. The van der Waals surface area contributed by atoms with Crippen molar-refractivity contribution < 1.29 is 14.3 Å². The quantitative estimate of drug-likeness (QED) is 0.267. The summed E-state index contributed by atoms with van der Waals surface area (Å²) < 4.78 is 7.16. The molecule has 4 rings (SSSR count). The van der Waals surface area contributed by atoms with E-state index in [0.717, 1.165) is 28.6 Å². The van der Waals surface area contributed by atoms with Gasteiger partial charge in [-0.1, -0.05) is 78.9 Å². The highest BCUT2D eigenvalue weighted by Crippen LogP contribution is 2.21. The molecule has 0 bridgehead atoms. The Morgan fingerprint density at radius 1 is 0.971 bits per heavy atom. The summed E-state index contributed by atoms with van der Waals surface area (Å²) in [7, 11) is 0. The number of carbonyl (C=O) groups excluding carboxylic acids is 2. The zero-order valence-electron chi connectivity index (χ0n) is 19.6. The van der Waals surface area contributed by atoms with Crippen LogP contribution in [0.1, 0.15) is 36.1 Å². The molecule has 3 aromatic carbocycles. The van der Waals surface area contributed by atoms with Crippen LogP contribution in [0.4, 0.5) is 4.79 Å². The number of rotatable bonds is 9. The monoisotopic (exact) mass is 468 g/mol. The van der Waals surface area contributed by atoms with Gasteiger partial charge in [-0.25, -0.2) is 10.2 Å². The van der Waals surface area contributed by atoms with Gasteiger partial charge in [-0.3, -0.25) is 4.79 Å². The third-order valence-electron chi connectivity index (χ3n) is 5.57. The summed E-state index contributed by atoms with van der Waals surface area (Å²) in [6.45, 7) is 2.72. The van der Waals surface area contributed by atoms with E-state index in [4.69, 9.17) is 4.74 Å². The first kappa shape index (κ1) is 23.8. The largest absolute Gasteiger partial charge is 0.450 e. The van der Waals surface area contributed by atoms with Crippen molar-refractivity contribution in [3.05, 3.63) is 108 Å². The number of alkyl carbamates (subject to hydrolysis) is 1. The molecule has 0 saturated carbocycles. The van der Waals surface area contributed by atoms with Crippen molar-refractivity contribution in [1.82, 2.24) is 15.3 Å². The Hall–Kier alpha value is -4.39. The molecule has 178 valence electrons. The standard InChI is InChI=1S/C28H28N4O3/c1-2-35-28(34)30-25(22-13-7-4-8-14-22)17-27(33)31-29-18-23-20-32(19-21-11-5-3-6-12-21)26-16-10-9-15-24(23)26/h3-16,18,20,25H,2,17,19H2,1H3,(H,30,34)(H,31,33)/b29-18-/t25-/m1/s1. The number of carbonyl (C=O) groups is 2. The number of hydrogen-bond donors (Lipinski definition) is 2. The molecule has 0 aliphatic carbocycles. The maximum atomic E-state index is 12.6. The van der Waals surface area contributed by atoms with E-state index >= 15 is 0 Å². The summed E-state index contributed by atoms with van der Waals surface area (Å²) in [5, 5.41) is 7.99. The molecule has 7 nitrogen and oxygen atoms in total. The lowest BCUT2D eigenvalue weighted by Gasteiger charge is -2.18. The summed E-state index contributed by atoms with van der Waals surface area (Å²) in [4.78, 5) is 24.6. The van der Waals surface area contributed by atoms with E-state index in [2.05, 4.69) is 38.6 Å². The van der Waals surface area contributed by atoms with Gasteiger partial charge >= 0.3 is 6.09 Å². The molecule has 0 saturated heterocycles. The van der Waals surface area contributed by atoms with Gasteiger partial charge in [0.15, 0.2) is 0 Å². The van der Waals surface area contributed by atoms with Crippen LogP contribution in [-0.4, -0.2) is 29.4 Å². The van der Waals surface area contributed by atoms with Crippen molar-refractivity contribution in [2.24, 2.45) is 5.10 Å². The van der Waals surface area contributed by atoms with E-state index in [0.29, 0.717) is 0 Å². The molecule has 1 aromatic heterocycles. The highest BCUT2D eigenvalue weighted by atomic mass is 16.5. The number of nitrogens with one attached hydrogen (secondary N) is 2. The zero-order chi connectivity index (χ0) is 24.5. The van der Waals surface area contributed by atoms with E-state index in [1.165, 1.54) is 5.56 Å². The Labute approximate surface area is 204 Å². The summed E-state index contributed by atoms with van der Waals surface area (Å²) in [6, 6.07) is 27.1. The van der Waals surface area contributed by atoms with E-state index in [1.54, 1.807) is 13.1 Å². The summed E-state index contributed by atoms with van der Waals surface area (Å²) in [6.07, 6.45) is 3.14. The Balaban J connectivity index is 1.45. The second-order valence-corrected chi connectivity index (χ2v) is 8.04. The predicted molar refractivity (Wildman–Crippen MR) is 137 cm³/mol. The van der Waals surface area contributed by atoms with Crippen molar-refractivity contribution >= 4 is 29.1 Å². The summed E-state index contributed by atoms with van der Waals surface area (Å²) >= 11 is 0. The maximum Gasteiger partial charge on any atom is 0.407 e. The van der Waals surface area contributed by atoms with Crippen LogP contribution in [0.25, 0.3) is 10.9 Å². The van der Waals surface area contributed by atoms with E-state index < -0.39 is 12.1 Å². The minimum atomic E-state index is -0.566. The lowest BCUT2D eigenvalue weighted by Crippen LogP contribution is -2.33. The Kier molecular flexibility index (Phi) is 7.91. The number of benzene rings is 3. The van der Waals surface area contributed by atoms with Gasteiger partial charge in [0, 0.05) is 29.2 Å². The summed E-state index contributed by atoms with van der Waals surface area (Å²) in [5.74, 6) is -0.320. The van der Waals surface area contributed by atoms with Crippen LogP contribution in [-0.2, 0) is 16.1 Å². The lowest BCUT2D eigenvalue weighted by molar-refractivity contribution is -0.121. The average Bonchev–Trinajstić information content (AvgIpc) is 3.22. The van der Waals surface area contributed by atoms with Crippen LogP contribution in [0.5, 0.6) is 0 Å². The molecular formula is C28H28N4O3. The molecule has 1 heterocycles. The third-order valence-corrected chi connectivity index (χ3v) is 5.57. The predicted octanol–water partition coefficient (Wildman–Crippen LogP) is 5.02. The first-order chi connectivity index (χ1) is 17.1. The van der Waals surface area contributed by atoms with Gasteiger partial charge in [-0.15, -0.1) is 0 Å². The van der Waals surface area contributed by atoms with Crippen LogP contribution in [0.15, 0.2) is 96.2 Å². The number of fused-ring (bicyclic) bond motifs is 1. The first-order valence-electron chi connectivity index (χ1n) is 11.6. The number of aromatic nitrogens is 1. The van der Waals surface area contributed by atoms with Crippen molar-refractivity contribution in [3.63, 3.8) is 0 Å². The fraction of sp³-hybridized carbons (Fsp3) is 0.179. The normalized spacial score (nSPS) is 11.9. The molecule has 0 aliphatic heterocycles. The van der Waals surface area contributed by atoms with Crippen LogP contribution in [0.2, 0.25) is 0 Å². The summed E-state index contributed by atoms with van der Waals surface area (Å²) in [5.41, 5.74) is 6.59. The highest BCUT2D eigenvalue weighted by molar-refractivity contribution is 5.99. The minimum Gasteiger partial charge on any atom is -0.450 e. The van der Waals surface area contributed by atoms with Gasteiger partial charge in [0.2, 0.25) is 5.91 Å². The van der Waals surface area contributed by atoms with Gasteiger partial charge in [0.1, 0.15) is 0 Å². The van der Waals surface area contributed by atoms with E-state index in [1.807, 2.05) is 72.9 Å². The molecule has 2 N–H and O–H groups in total. The van der Waals surface area contributed by atoms with Gasteiger partial charge in [0.25, 0.3) is 0 Å². The molecule has 0 aliphatic rings. The number of ether oxygens (including phenoxy) is 1. The smallest absolute Gasteiger partial charge is 0.407 e. The average molecular weight is 469 g/mol. The second kappa shape index (κ2) is 11.7. The van der Waals surface area contributed by atoms with Gasteiger partial charge in [0.05, 0.1) is 25.3 Å². The van der Waals surface area contributed by atoms with Crippen molar-refractivity contribution in [1.29, 1.82) is 0 Å². The topological polar surface area (TPSA) is 84.7 Å². The first-order valence-corrected chi connectivity index (χ1v) is 11.6. The highest BCUT2D eigenvalue weighted by Gasteiger charge is 2.19. The molecule has 7 heteroatoms. The van der Waals surface area contributed by atoms with Crippen molar-refractivity contribution in [2.45, 2.75) is 25.9 Å². The Morgan fingerprint density at radius 3 is 2.40 bits per heavy atom. The van der Waals surface area contributed by atoms with Crippen LogP contribution >= 0.6 is 0 Å². The number of hydrazone groups is 1. The molecule has 0 spiro atoms. The molecule has 0 unspecified atom stereocenters. The number of amides is 2. The van der Waals surface area contributed by atoms with Crippen LogP contribution < -0.4 is 10.7 Å². The Bertz CT molecular complexity index is 1300. The van der Waals surface area contributed by atoms with Crippen molar-refractivity contribution in [2.75, 3.05) is 6.61 Å². The third kappa shape index (κ3) is 6.35. The fourth-order valence-corrected chi connectivity index (χ4v) is 3.95. The van der Waals surface area contributed by atoms with E-state index in [9.17, 15) is 9.59 Å². The van der Waals surface area contributed by atoms with E-state index in [-0.39, 0.29) is 18.9 Å². The molecule has 1 atom stereocenters. The number of hydrogen-bond acceptors (Lipinski definition) is 4. The zero-order valence-corrected chi connectivity index (χ0v) is 19.6. The van der Waals surface area contributed by atoms with Crippen LogP contribution in [0.3, 0.4) is 0 Å². The molecular weight excluding hydrogens is 440 g/mol. The number of para-hydroxylation sites is 1. The molecule has 4 aromatic rings.